The van der Waals surface area contributed by atoms with Gasteiger partial charge in [-0.25, -0.2) is 0 Å². The molecule has 0 heterocycles. The number of hydrogen-bond donors (Lipinski definition) is 0. The first-order chi connectivity index (χ1) is 10.7. The van der Waals surface area contributed by atoms with E-state index in [1.807, 2.05) is 0 Å². The molecule has 0 aromatic heterocycles. The maximum atomic E-state index is 2.42. The predicted octanol–water partition coefficient (Wildman–Crippen LogP) is -3.38. The molecule has 0 bridgehead atoms. The second-order valence-corrected chi connectivity index (χ2v) is 6.95. The minimum absolute atomic E-state index is 0. The maximum Gasteiger partial charge on any atom is -1.00 e. The van der Waals surface area contributed by atoms with E-state index in [-0.39, 0.29) is 37.2 Å². The van der Waals surface area contributed by atoms with Crippen molar-refractivity contribution in [2.75, 3.05) is 0 Å². The zero-order chi connectivity index (χ0) is 15.5. The van der Waals surface area contributed by atoms with E-state index in [1.54, 1.807) is 5.57 Å². The van der Waals surface area contributed by atoms with E-state index in [0.717, 1.165) is 6.42 Å². The molecule has 0 amide bonds. The van der Waals surface area contributed by atoms with Gasteiger partial charge in [0.05, 0.1) is 0 Å². The van der Waals surface area contributed by atoms with Gasteiger partial charge in [-0.15, -0.1) is 0 Å². The largest absolute Gasteiger partial charge is 1.00 e. The monoisotopic (exact) mass is 426 g/mol. The van der Waals surface area contributed by atoms with Crippen molar-refractivity contribution in [1.29, 1.82) is 0 Å². The number of benzene rings is 2. The summed E-state index contributed by atoms with van der Waals surface area (Å²) in [5.41, 5.74) is 5.86. The van der Waals surface area contributed by atoms with Gasteiger partial charge in [0.1, 0.15) is 0 Å². The van der Waals surface area contributed by atoms with Gasteiger partial charge in [0.15, 0.2) is 0 Å². The number of rotatable bonds is 4. The van der Waals surface area contributed by atoms with Crippen LogP contribution in [0.15, 0.2) is 81.8 Å². The van der Waals surface area contributed by atoms with Gasteiger partial charge in [-0.2, -0.15) is 0 Å². The Morgan fingerprint density at radius 2 is 1.20 bits per heavy atom. The Bertz CT molecular complexity index is 667. The fourth-order valence-electron chi connectivity index (χ4n) is 3.28. The first-order valence-corrected chi connectivity index (χ1v) is 8.71. The van der Waals surface area contributed by atoms with Gasteiger partial charge in [-0.05, 0) is 0 Å². The fraction of sp³-hybridized carbons (Fsp3) is 0.238. The van der Waals surface area contributed by atoms with Crippen molar-refractivity contribution in [1.82, 2.24) is 0 Å². The van der Waals surface area contributed by atoms with Gasteiger partial charge in [0.2, 0.25) is 0 Å². The number of allylic oxidation sites excluding steroid dienone is 4. The first kappa shape index (κ1) is 24.5. The maximum absolute atomic E-state index is 2.42. The van der Waals surface area contributed by atoms with E-state index in [9.17, 15) is 0 Å². The normalized spacial score (nSPS) is 13.1. The Kier molecular flexibility index (Phi) is 11.0. The van der Waals surface area contributed by atoms with Crippen LogP contribution in [0.25, 0.3) is 0 Å². The molecule has 0 unspecified atom stereocenters. The smallest absolute Gasteiger partial charge is 1.00 e. The van der Waals surface area contributed by atoms with E-state index in [4.69, 9.17) is 0 Å². The molecule has 1 aliphatic carbocycles. The van der Waals surface area contributed by atoms with Crippen LogP contribution >= 0.6 is 0 Å². The minimum Gasteiger partial charge on any atom is -1.00 e. The molecule has 0 saturated heterocycles. The molecule has 0 radical (unpaired) electrons. The van der Waals surface area contributed by atoms with E-state index in [1.165, 1.54) is 20.6 Å². The third kappa shape index (κ3) is 5.49. The topological polar surface area (TPSA) is 0 Å². The van der Waals surface area contributed by atoms with Crippen LogP contribution < -0.4 is 37.2 Å². The zero-order valence-electron chi connectivity index (χ0n) is 14.3. The van der Waals surface area contributed by atoms with Crippen LogP contribution in [-0.2, 0) is 20.4 Å². The van der Waals surface area contributed by atoms with Gasteiger partial charge in [-0.1, -0.05) is 0 Å². The second kappa shape index (κ2) is 11.3. The molecule has 0 fully saturated rings. The van der Waals surface area contributed by atoms with Crippen LogP contribution in [0, 0.1) is 5.92 Å². The summed E-state index contributed by atoms with van der Waals surface area (Å²) in [6.45, 7) is 4.58. The van der Waals surface area contributed by atoms with Crippen molar-refractivity contribution in [3.63, 3.8) is 0 Å². The Morgan fingerprint density at radius 3 is 1.56 bits per heavy atom. The molecule has 4 heteroatoms. The van der Waals surface area contributed by atoms with Crippen molar-refractivity contribution < 1.29 is 57.7 Å². The number of halogens is 3. The summed E-state index contributed by atoms with van der Waals surface area (Å²) in [6, 6.07) is 21.8. The predicted molar refractivity (Wildman–Crippen MR) is 89.3 cm³/mol. The van der Waals surface area contributed by atoms with Crippen LogP contribution in [-0.4, -0.2) is 0 Å². The van der Waals surface area contributed by atoms with Gasteiger partial charge < -0.3 is 37.2 Å². The number of hydrogen-bond acceptors (Lipinski definition) is 0. The van der Waals surface area contributed by atoms with Crippen molar-refractivity contribution in [2.45, 2.75) is 26.2 Å². The molecule has 0 saturated carbocycles. The van der Waals surface area contributed by atoms with E-state index < -0.39 is 0 Å². The Hall–Kier alpha value is -0.496. The van der Waals surface area contributed by atoms with Crippen LogP contribution in [0.4, 0.5) is 0 Å². The molecule has 3 rings (SSSR count). The summed E-state index contributed by atoms with van der Waals surface area (Å²) in [5, 5.41) is 0. The Morgan fingerprint density at radius 1 is 0.760 bits per heavy atom. The summed E-state index contributed by atoms with van der Waals surface area (Å²) in [6.07, 6.45) is 3.50. The van der Waals surface area contributed by atoms with Crippen LogP contribution in [0.1, 0.15) is 37.3 Å². The third-order valence-electron chi connectivity index (χ3n) is 4.39. The van der Waals surface area contributed by atoms with E-state index in [0.29, 0.717) is 11.8 Å². The van der Waals surface area contributed by atoms with Gasteiger partial charge in [0, 0.05) is 0 Å². The quantitative estimate of drug-likeness (QED) is 0.447. The second-order valence-electron chi connectivity index (χ2n) is 6.17. The molecule has 130 valence electrons. The zero-order valence-corrected chi connectivity index (χ0v) is 18.2. The Balaban J connectivity index is 0.00000192. The van der Waals surface area contributed by atoms with Gasteiger partial charge in [-0.3, -0.25) is 0 Å². The SMILES string of the molecule is CC(C)C1=CCC(C(c2ccccc2)c2ccccc2)=[C]1[Ti+3].[Cl-].[Cl-].[Cl-]. The van der Waals surface area contributed by atoms with Gasteiger partial charge in [0.25, 0.3) is 0 Å². The molecule has 0 spiro atoms. The summed E-state index contributed by atoms with van der Waals surface area (Å²) in [5.74, 6) is 0.972. The summed E-state index contributed by atoms with van der Waals surface area (Å²) >= 11 is 2.30. The molecular weight excluding hydrogens is 406 g/mol. The van der Waals surface area contributed by atoms with Crippen molar-refractivity contribution in [3.8, 4) is 0 Å². The van der Waals surface area contributed by atoms with Crippen LogP contribution in [0.3, 0.4) is 0 Å². The standard InChI is InChI=1S/C21H21.3ClH.Ti/c1-16(2)19-13-14-20(15-19)21(17-9-5-3-6-10-17)18-11-7-4-8-12-18;;;;/h3-13,16,21H,14H2,1-2H3;3*1H;/q;;;;+3/p-3. The van der Waals surface area contributed by atoms with Crippen LogP contribution in [0.5, 0.6) is 0 Å². The van der Waals surface area contributed by atoms with E-state index in [2.05, 4.69) is 101 Å². The van der Waals surface area contributed by atoms with Crippen LogP contribution in [0.2, 0.25) is 0 Å². The fourth-order valence-corrected chi connectivity index (χ4v) is 4.28. The molecule has 2 aromatic carbocycles. The summed E-state index contributed by atoms with van der Waals surface area (Å²) in [7, 11) is 0. The first-order valence-electron chi connectivity index (χ1n) is 7.93. The minimum atomic E-state index is 0. The molecule has 1 aliphatic rings. The average molecular weight is 428 g/mol. The van der Waals surface area contributed by atoms with E-state index >= 15 is 0 Å². The molecule has 0 nitrogen and oxygen atoms in total. The van der Waals surface area contributed by atoms with Crippen molar-refractivity contribution in [2.24, 2.45) is 5.92 Å². The molecule has 25 heavy (non-hydrogen) atoms. The molecule has 2 aromatic rings. The molecule has 0 atom stereocenters. The van der Waals surface area contributed by atoms with Crippen molar-refractivity contribution >= 4 is 0 Å². The molecule has 0 aliphatic heterocycles. The van der Waals surface area contributed by atoms with Gasteiger partial charge >= 0.3 is 145 Å². The molecule has 0 N–H and O–H groups in total. The van der Waals surface area contributed by atoms with Crippen molar-refractivity contribution in [3.05, 3.63) is 92.9 Å². The average Bonchev–Trinajstić information content (AvgIpc) is 2.92. The summed E-state index contributed by atoms with van der Waals surface area (Å²) < 4.78 is 1.49. The Labute approximate surface area is 181 Å². The third-order valence-corrected chi connectivity index (χ3v) is 5.34. The molecular formula is C21H21Cl3Ti. The summed E-state index contributed by atoms with van der Waals surface area (Å²) in [4.78, 5) is 0.